The van der Waals surface area contributed by atoms with Crippen LogP contribution in [0.4, 0.5) is 0 Å². The summed E-state index contributed by atoms with van der Waals surface area (Å²) in [6, 6.07) is 9.54. The fourth-order valence-corrected chi connectivity index (χ4v) is 1.57. The average Bonchev–Trinajstić information content (AvgIpc) is 2.72. The summed E-state index contributed by atoms with van der Waals surface area (Å²) in [5, 5.41) is 16.6. The van der Waals surface area contributed by atoms with Gasteiger partial charge in [0.2, 0.25) is 0 Å². The lowest BCUT2D eigenvalue weighted by molar-refractivity contribution is 0.338. The monoisotopic (exact) mass is 228 g/mol. The van der Waals surface area contributed by atoms with Gasteiger partial charge in [-0.1, -0.05) is 17.3 Å². The van der Waals surface area contributed by atoms with Crippen molar-refractivity contribution < 1.29 is 4.74 Å². The van der Waals surface area contributed by atoms with Crippen LogP contribution < -0.4 is 4.74 Å². The van der Waals surface area contributed by atoms with Gasteiger partial charge < -0.3 is 4.74 Å². The van der Waals surface area contributed by atoms with Crippen molar-refractivity contribution >= 4 is 0 Å². The Hall–Kier alpha value is -2.35. The van der Waals surface area contributed by atoms with Gasteiger partial charge in [0.25, 0.3) is 0 Å². The summed E-state index contributed by atoms with van der Waals surface area (Å²) in [4.78, 5) is 0. The molecule has 5 nitrogen and oxygen atoms in total. The maximum atomic E-state index is 8.85. The van der Waals surface area contributed by atoms with E-state index in [1.165, 1.54) is 0 Å². The lowest BCUT2D eigenvalue weighted by Gasteiger charge is -2.10. The third-order valence-electron chi connectivity index (χ3n) is 2.39. The van der Waals surface area contributed by atoms with Gasteiger partial charge in [-0.3, -0.25) is 0 Å². The molecule has 5 heteroatoms. The molecule has 0 atom stereocenters. The first kappa shape index (κ1) is 11.1. The van der Waals surface area contributed by atoms with E-state index in [9.17, 15) is 0 Å². The van der Waals surface area contributed by atoms with Crippen molar-refractivity contribution in [2.45, 2.75) is 13.8 Å². The average molecular weight is 228 g/mol. The second kappa shape index (κ2) is 4.66. The van der Waals surface area contributed by atoms with E-state index in [1.807, 2.05) is 37.3 Å². The highest BCUT2D eigenvalue weighted by atomic mass is 16.5. The zero-order chi connectivity index (χ0) is 12.3. The number of nitrogens with zero attached hydrogens (tertiary/aromatic N) is 4. The van der Waals surface area contributed by atoms with Crippen LogP contribution in [0, 0.1) is 18.3 Å². The third kappa shape index (κ3) is 1.97. The van der Waals surface area contributed by atoms with Crippen LogP contribution >= 0.6 is 0 Å². The molecule has 0 bridgehead atoms. The molecule has 0 aliphatic heterocycles. The number of hydrogen-bond donors (Lipinski definition) is 0. The Kier molecular flexibility index (Phi) is 3.06. The van der Waals surface area contributed by atoms with E-state index in [1.54, 1.807) is 11.6 Å². The summed E-state index contributed by atoms with van der Waals surface area (Å²) < 4.78 is 7.13. The first-order valence-electron chi connectivity index (χ1n) is 5.32. The van der Waals surface area contributed by atoms with Crippen LogP contribution in [-0.4, -0.2) is 21.6 Å². The minimum atomic E-state index is 0.330. The first-order chi connectivity index (χ1) is 8.27. The fourth-order valence-electron chi connectivity index (χ4n) is 1.57. The summed E-state index contributed by atoms with van der Waals surface area (Å²) in [5.41, 5.74) is 1.83. The topological polar surface area (TPSA) is 63.7 Å². The van der Waals surface area contributed by atoms with E-state index in [4.69, 9.17) is 10.00 Å². The molecule has 0 aliphatic carbocycles. The molecule has 0 N–H and O–H groups in total. The van der Waals surface area contributed by atoms with Gasteiger partial charge in [-0.2, -0.15) is 5.26 Å². The van der Waals surface area contributed by atoms with Crippen LogP contribution in [0.2, 0.25) is 0 Å². The van der Waals surface area contributed by atoms with E-state index in [0.29, 0.717) is 18.0 Å². The highest BCUT2D eigenvalue weighted by Crippen LogP contribution is 2.23. The molecule has 0 unspecified atom stereocenters. The van der Waals surface area contributed by atoms with Crippen LogP contribution in [0.1, 0.15) is 18.3 Å². The minimum Gasteiger partial charge on any atom is -0.492 e. The van der Waals surface area contributed by atoms with Crippen molar-refractivity contribution in [3.63, 3.8) is 0 Å². The summed E-state index contributed by atoms with van der Waals surface area (Å²) in [7, 11) is 0. The van der Waals surface area contributed by atoms with E-state index < -0.39 is 0 Å². The predicted octanol–water partition coefficient (Wildman–Crippen LogP) is 1.85. The maximum Gasteiger partial charge on any atom is 0.186 e. The van der Waals surface area contributed by atoms with Crippen LogP contribution in [-0.2, 0) is 0 Å². The van der Waals surface area contributed by atoms with Crippen molar-refractivity contribution in [2.75, 3.05) is 6.61 Å². The van der Waals surface area contributed by atoms with E-state index in [-0.39, 0.29) is 0 Å². The third-order valence-corrected chi connectivity index (χ3v) is 2.39. The van der Waals surface area contributed by atoms with Crippen molar-refractivity contribution in [3.05, 3.63) is 35.7 Å². The zero-order valence-electron chi connectivity index (χ0n) is 9.71. The molecule has 0 spiro atoms. The molecule has 0 aliphatic rings. The second-order valence-corrected chi connectivity index (χ2v) is 3.45. The highest BCUT2D eigenvalue weighted by Gasteiger charge is 2.12. The highest BCUT2D eigenvalue weighted by molar-refractivity contribution is 5.47. The number of nitriles is 1. The van der Waals surface area contributed by atoms with E-state index in [0.717, 1.165) is 11.4 Å². The normalized spacial score (nSPS) is 9.94. The number of aromatic nitrogens is 3. The standard InChI is InChI=1S/C12H12N4O/c1-3-17-12-7-5-4-6-11(12)16-9(2)10(8-13)14-15-16/h4-7H,3H2,1-2H3. The summed E-state index contributed by atoms with van der Waals surface area (Å²) >= 11 is 0. The van der Waals surface area contributed by atoms with Gasteiger partial charge in [0.1, 0.15) is 17.5 Å². The van der Waals surface area contributed by atoms with Crippen molar-refractivity contribution in [1.29, 1.82) is 5.26 Å². The van der Waals surface area contributed by atoms with Crippen molar-refractivity contribution in [3.8, 4) is 17.5 Å². The molecule has 0 saturated heterocycles. The quantitative estimate of drug-likeness (QED) is 0.804. The molecule has 0 radical (unpaired) electrons. The molecule has 17 heavy (non-hydrogen) atoms. The second-order valence-electron chi connectivity index (χ2n) is 3.45. The lowest BCUT2D eigenvalue weighted by Crippen LogP contribution is -2.03. The molecule has 0 saturated carbocycles. The molecular formula is C12H12N4O. The Bertz CT molecular complexity index is 568. The molecule has 1 aromatic heterocycles. The molecule has 0 amide bonds. The lowest BCUT2D eigenvalue weighted by atomic mass is 10.2. The molecular weight excluding hydrogens is 216 g/mol. The SMILES string of the molecule is CCOc1ccccc1-n1nnc(C#N)c1C. The molecule has 86 valence electrons. The summed E-state index contributed by atoms with van der Waals surface area (Å²) in [6.45, 7) is 4.31. The Morgan fingerprint density at radius 2 is 2.18 bits per heavy atom. The van der Waals surface area contributed by atoms with Gasteiger partial charge in [-0.25, -0.2) is 4.68 Å². The fraction of sp³-hybridized carbons (Fsp3) is 0.250. The van der Waals surface area contributed by atoms with Gasteiger partial charge in [-0.05, 0) is 26.0 Å². The Morgan fingerprint density at radius 3 is 2.82 bits per heavy atom. The number of para-hydroxylation sites is 2. The predicted molar refractivity (Wildman–Crippen MR) is 62.0 cm³/mol. The summed E-state index contributed by atoms with van der Waals surface area (Å²) in [5.74, 6) is 0.729. The van der Waals surface area contributed by atoms with Gasteiger partial charge in [0.15, 0.2) is 5.69 Å². The van der Waals surface area contributed by atoms with E-state index >= 15 is 0 Å². The Labute approximate surface area is 99.2 Å². The Balaban J connectivity index is 2.53. The Morgan fingerprint density at radius 1 is 1.41 bits per heavy atom. The van der Waals surface area contributed by atoms with Crippen LogP contribution in [0.25, 0.3) is 5.69 Å². The van der Waals surface area contributed by atoms with E-state index in [2.05, 4.69) is 10.3 Å². The maximum absolute atomic E-state index is 8.85. The molecule has 2 aromatic rings. The van der Waals surface area contributed by atoms with Gasteiger partial charge in [0, 0.05) is 0 Å². The van der Waals surface area contributed by atoms with Crippen LogP contribution in [0.3, 0.4) is 0 Å². The number of ether oxygens (including phenoxy) is 1. The summed E-state index contributed by atoms with van der Waals surface area (Å²) in [6.07, 6.45) is 0. The number of benzene rings is 1. The number of rotatable bonds is 3. The number of hydrogen-bond acceptors (Lipinski definition) is 4. The smallest absolute Gasteiger partial charge is 0.186 e. The zero-order valence-corrected chi connectivity index (χ0v) is 9.71. The molecule has 1 heterocycles. The van der Waals surface area contributed by atoms with Crippen molar-refractivity contribution in [1.82, 2.24) is 15.0 Å². The molecule has 0 fully saturated rings. The minimum absolute atomic E-state index is 0.330. The van der Waals surface area contributed by atoms with Crippen LogP contribution in [0.5, 0.6) is 5.75 Å². The largest absolute Gasteiger partial charge is 0.492 e. The van der Waals surface area contributed by atoms with Crippen LogP contribution in [0.15, 0.2) is 24.3 Å². The molecule has 2 rings (SSSR count). The van der Waals surface area contributed by atoms with Gasteiger partial charge in [-0.15, -0.1) is 5.10 Å². The van der Waals surface area contributed by atoms with Gasteiger partial charge in [0.05, 0.1) is 12.3 Å². The first-order valence-corrected chi connectivity index (χ1v) is 5.32. The molecule has 1 aromatic carbocycles. The van der Waals surface area contributed by atoms with Crippen molar-refractivity contribution in [2.24, 2.45) is 0 Å². The van der Waals surface area contributed by atoms with Gasteiger partial charge >= 0.3 is 0 Å².